The average molecular weight is 380 g/mol. The van der Waals surface area contributed by atoms with Crippen molar-refractivity contribution in [3.8, 4) is 5.75 Å². The fourth-order valence-electron chi connectivity index (χ4n) is 2.59. The smallest absolute Gasteiger partial charge is 0.331 e. The van der Waals surface area contributed by atoms with Crippen molar-refractivity contribution in [3.05, 3.63) is 83.7 Å². The monoisotopic (exact) mass is 380 g/mol. The molecule has 1 aliphatic heterocycles. The number of hydrogen-bond donors (Lipinski definition) is 1. The highest BCUT2D eigenvalue weighted by atomic mass is 19.1. The third kappa shape index (κ3) is 4.15. The molecule has 2 aromatic rings. The van der Waals surface area contributed by atoms with Crippen LogP contribution in [0.1, 0.15) is 11.1 Å². The Hall–Kier alpha value is -3.74. The number of ether oxygens (including phenoxy) is 1. The minimum atomic E-state index is -0.774. The highest BCUT2D eigenvalue weighted by Crippen LogP contribution is 2.19. The molecule has 1 N–H and O–H groups in total. The van der Waals surface area contributed by atoms with Gasteiger partial charge in [-0.2, -0.15) is 0 Å². The quantitative estimate of drug-likeness (QED) is 0.475. The zero-order valence-electron chi connectivity index (χ0n) is 14.9. The van der Waals surface area contributed by atoms with Crippen LogP contribution in [0.15, 0.2) is 66.8 Å². The lowest BCUT2D eigenvalue weighted by Crippen LogP contribution is -2.54. The first-order valence-corrected chi connectivity index (χ1v) is 8.45. The van der Waals surface area contributed by atoms with Gasteiger partial charge in [-0.3, -0.25) is 19.8 Å². The Kier molecular flexibility index (Phi) is 5.64. The number of nitrogens with one attached hydrogen (secondary N) is 1. The highest BCUT2D eigenvalue weighted by molar-refractivity contribution is 6.31. The Morgan fingerprint density at radius 3 is 2.46 bits per heavy atom. The number of carbonyl (C=O) groups is 3. The molecule has 0 saturated carbocycles. The van der Waals surface area contributed by atoms with Gasteiger partial charge in [0, 0.05) is 12.1 Å². The minimum absolute atomic E-state index is 0.00187. The van der Waals surface area contributed by atoms with Crippen LogP contribution in [0, 0.1) is 5.82 Å². The average Bonchev–Trinajstić information content (AvgIpc) is 2.69. The van der Waals surface area contributed by atoms with Gasteiger partial charge in [0.15, 0.2) is 0 Å². The standard InChI is InChI=1S/C21H17FN2O4/c1-2-11-24-20(26)17(19(25)23-21(24)27)12-14-7-9-16(10-8-14)28-13-15-5-3-4-6-18(15)22/h2-10,12H,1,11,13H2,(H,23,25,27). The van der Waals surface area contributed by atoms with Gasteiger partial charge in [-0.25, -0.2) is 9.18 Å². The van der Waals surface area contributed by atoms with Gasteiger partial charge in [0.25, 0.3) is 11.8 Å². The zero-order chi connectivity index (χ0) is 20.1. The van der Waals surface area contributed by atoms with E-state index in [-0.39, 0.29) is 24.5 Å². The van der Waals surface area contributed by atoms with Crippen LogP contribution in [0.4, 0.5) is 9.18 Å². The zero-order valence-corrected chi connectivity index (χ0v) is 14.9. The van der Waals surface area contributed by atoms with Gasteiger partial charge in [-0.1, -0.05) is 36.4 Å². The Morgan fingerprint density at radius 2 is 1.79 bits per heavy atom. The Bertz CT molecular complexity index is 967. The van der Waals surface area contributed by atoms with Gasteiger partial charge >= 0.3 is 6.03 Å². The summed E-state index contributed by atoms with van der Waals surface area (Å²) in [6, 6.07) is 12.1. The molecule has 3 rings (SSSR count). The van der Waals surface area contributed by atoms with E-state index in [0.717, 1.165) is 4.90 Å². The van der Waals surface area contributed by atoms with E-state index < -0.39 is 17.8 Å². The van der Waals surface area contributed by atoms with Crippen LogP contribution in [-0.2, 0) is 16.2 Å². The molecular formula is C21H17FN2O4. The molecule has 1 saturated heterocycles. The molecule has 0 bridgehead atoms. The predicted molar refractivity (Wildman–Crippen MR) is 101 cm³/mol. The van der Waals surface area contributed by atoms with Crippen molar-refractivity contribution in [2.24, 2.45) is 0 Å². The Balaban J connectivity index is 1.73. The summed E-state index contributed by atoms with van der Waals surface area (Å²) in [5.74, 6) is -1.28. The van der Waals surface area contributed by atoms with Crippen LogP contribution in [0.5, 0.6) is 5.75 Å². The number of nitrogens with zero attached hydrogens (tertiary/aromatic N) is 1. The van der Waals surface area contributed by atoms with Crippen LogP contribution >= 0.6 is 0 Å². The number of halogens is 1. The largest absolute Gasteiger partial charge is 0.489 e. The molecule has 0 atom stereocenters. The third-order valence-electron chi connectivity index (χ3n) is 4.04. The van der Waals surface area contributed by atoms with Crippen molar-refractivity contribution in [2.75, 3.05) is 6.54 Å². The molecule has 6 nitrogen and oxygen atoms in total. The summed E-state index contributed by atoms with van der Waals surface area (Å²) in [5, 5.41) is 2.12. The molecule has 0 radical (unpaired) electrons. The van der Waals surface area contributed by atoms with Crippen LogP contribution in [-0.4, -0.2) is 29.3 Å². The number of urea groups is 1. The van der Waals surface area contributed by atoms with Crippen LogP contribution < -0.4 is 10.1 Å². The van der Waals surface area contributed by atoms with Crippen LogP contribution in [0.25, 0.3) is 6.08 Å². The first-order chi connectivity index (χ1) is 13.5. The Morgan fingerprint density at radius 1 is 1.07 bits per heavy atom. The first kappa shape index (κ1) is 19.0. The number of hydrogen-bond acceptors (Lipinski definition) is 4. The minimum Gasteiger partial charge on any atom is -0.489 e. The predicted octanol–water partition coefficient (Wildman–Crippen LogP) is 3.05. The molecule has 2 aromatic carbocycles. The number of barbiturate groups is 1. The maximum Gasteiger partial charge on any atom is 0.331 e. The molecule has 1 fully saturated rings. The summed E-state index contributed by atoms with van der Waals surface area (Å²) in [5.41, 5.74) is 0.858. The number of carbonyl (C=O) groups excluding carboxylic acids is 3. The van der Waals surface area contributed by atoms with Gasteiger partial charge in [0.2, 0.25) is 0 Å². The molecule has 4 amide bonds. The fourth-order valence-corrected chi connectivity index (χ4v) is 2.59. The number of rotatable bonds is 6. The molecule has 1 aliphatic rings. The van der Waals surface area contributed by atoms with Gasteiger partial charge in [0.1, 0.15) is 23.7 Å². The maximum absolute atomic E-state index is 13.6. The van der Waals surface area contributed by atoms with Crippen molar-refractivity contribution in [1.29, 1.82) is 0 Å². The lowest BCUT2D eigenvalue weighted by Gasteiger charge is -2.25. The summed E-state index contributed by atoms with van der Waals surface area (Å²) in [6.45, 7) is 3.56. The van der Waals surface area contributed by atoms with E-state index in [4.69, 9.17) is 4.74 Å². The third-order valence-corrected chi connectivity index (χ3v) is 4.04. The number of benzene rings is 2. The van der Waals surface area contributed by atoms with Crippen molar-refractivity contribution < 1.29 is 23.5 Å². The molecule has 1 heterocycles. The molecule has 0 spiro atoms. The fraction of sp³-hybridized carbons (Fsp3) is 0.0952. The summed E-state index contributed by atoms with van der Waals surface area (Å²) in [7, 11) is 0. The van der Waals surface area contributed by atoms with Crippen molar-refractivity contribution >= 4 is 23.9 Å². The lowest BCUT2D eigenvalue weighted by atomic mass is 10.1. The van der Waals surface area contributed by atoms with E-state index in [1.807, 2.05) is 0 Å². The van der Waals surface area contributed by atoms with E-state index >= 15 is 0 Å². The van der Waals surface area contributed by atoms with E-state index in [1.54, 1.807) is 42.5 Å². The van der Waals surface area contributed by atoms with Crippen molar-refractivity contribution in [1.82, 2.24) is 10.2 Å². The summed E-state index contributed by atoms with van der Waals surface area (Å²) in [6.07, 6.45) is 2.79. The molecule has 7 heteroatoms. The SMILES string of the molecule is C=CCN1C(=O)NC(=O)C(=Cc2ccc(OCc3ccccc3F)cc2)C1=O. The lowest BCUT2D eigenvalue weighted by molar-refractivity contribution is -0.129. The first-order valence-electron chi connectivity index (χ1n) is 8.45. The number of amides is 4. The van der Waals surface area contributed by atoms with Crippen LogP contribution in [0.2, 0.25) is 0 Å². The topological polar surface area (TPSA) is 75.7 Å². The van der Waals surface area contributed by atoms with E-state index in [2.05, 4.69) is 11.9 Å². The summed E-state index contributed by atoms with van der Waals surface area (Å²) < 4.78 is 19.2. The van der Waals surface area contributed by atoms with E-state index in [1.165, 1.54) is 18.2 Å². The van der Waals surface area contributed by atoms with E-state index in [9.17, 15) is 18.8 Å². The molecule has 0 aromatic heterocycles. The van der Waals surface area contributed by atoms with Gasteiger partial charge in [-0.05, 0) is 29.8 Å². The molecule has 0 unspecified atom stereocenters. The number of imide groups is 2. The highest BCUT2D eigenvalue weighted by Gasteiger charge is 2.34. The van der Waals surface area contributed by atoms with Crippen LogP contribution in [0.3, 0.4) is 0 Å². The van der Waals surface area contributed by atoms with Gasteiger partial charge in [0.05, 0.1) is 0 Å². The van der Waals surface area contributed by atoms with Gasteiger partial charge < -0.3 is 4.74 Å². The second-order valence-corrected chi connectivity index (χ2v) is 5.97. The molecule has 142 valence electrons. The normalized spacial score (nSPS) is 15.5. The van der Waals surface area contributed by atoms with Crippen molar-refractivity contribution in [2.45, 2.75) is 6.61 Å². The Labute approximate surface area is 160 Å². The second kappa shape index (κ2) is 8.30. The molecule has 28 heavy (non-hydrogen) atoms. The summed E-state index contributed by atoms with van der Waals surface area (Å²) in [4.78, 5) is 37.0. The van der Waals surface area contributed by atoms with Gasteiger partial charge in [-0.15, -0.1) is 6.58 Å². The van der Waals surface area contributed by atoms with E-state index in [0.29, 0.717) is 16.9 Å². The summed E-state index contributed by atoms with van der Waals surface area (Å²) >= 11 is 0. The maximum atomic E-state index is 13.6. The molecular weight excluding hydrogens is 363 g/mol. The molecule has 0 aliphatic carbocycles. The second-order valence-electron chi connectivity index (χ2n) is 5.97. The van der Waals surface area contributed by atoms with Crippen molar-refractivity contribution in [3.63, 3.8) is 0 Å².